The molecule has 27 heavy (non-hydrogen) atoms. The highest BCUT2D eigenvalue weighted by molar-refractivity contribution is 5.97. The van der Waals surface area contributed by atoms with Crippen LogP contribution >= 0.6 is 0 Å². The fraction of sp³-hybridized carbons (Fsp3) is 0.619. The van der Waals surface area contributed by atoms with E-state index in [1.807, 2.05) is 39.8 Å². The molecule has 150 valence electrons. The van der Waals surface area contributed by atoms with Gasteiger partial charge >= 0.3 is 0 Å². The van der Waals surface area contributed by atoms with E-state index in [-0.39, 0.29) is 29.8 Å². The highest BCUT2D eigenvalue weighted by atomic mass is 16.5. The van der Waals surface area contributed by atoms with Gasteiger partial charge in [0.15, 0.2) is 0 Å². The van der Waals surface area contributed by atoms with Crippen LogP contribution in [0.5, 0.6) is 0 Å². The summed E-state index contributed by atoms with van der Waals surface area (Å²) in [6.07, 6.45) is 0. The maximum atomic E-state index is 12.8. The van der Waals surface area contributed by atoms with Gasteiger partial charge in [-0.05, 0) is 38.8 Å². The van der Waals surface area contributed by atoms with E-state index < -0.39 is 6.04 Å². The molecule has 2 rings (SSSR count). The quantitative estimate of drug-likeness (QED) is 0.764. The Labute approximate surface area is 162 Å². The maximum Gasteiger partial charge on any atom is 0.251 e. The first-order valence-corrected chi connectivity index (χ1v) is 9.79. The van der Waals surface area contributed by atoms with Gasteiger partial charge in [0.2, 0.25) is 5.91 Å². The van der Waals surface area contributed by atoms with Crippen LogP contribution < -0.4 is 10.6 Å². The second-order valence-corrected chi connectivity index (χ2v) is 7.75. The number of benzene rings is 1. The van der Waals surface area contributed by atoms with Gasteiger partial charge in [0, 0.05) is 30.7 Å². The summed E-state index contributed by atoms with van der Waals surface area (Å²) in [6, 6.07) is 6.97. The Kier molecular flexibility index (Phi) is 7.80. The molecule has 0 saturated carbocycles. The first-order valence-electron chi connectivity index (χ1n) is 9.79. The Morgan fingerprint density at radius 2 is 1.59 bits per heavy atom. The summed E-state index contributed by atoms with van der Waals surface area (Å²) in [4.78, 5) is 27.7. The van der Waals surface area contributed by atoms with Crippen molar-refractivity contribution < 1.29 is 14.3 Å². The number of morpholine rings is 1. The Balaban J connectivity index is 1.97. The van der Waals surface area contributed by atoms with E-state index in [0.29, 0.717) is 5.56 Å². The van der Waals surface area contributed by atoms with E-state index in [4.69, 9.17) is 4.74 Å². The van der Waals surface area contributed by atoms with Crippen LogP contribution in [0.1, 0.15) is 43.6 Å². The maximum absolute atomic E-state index is 12.8. The molecule has 0 bridgehead atoms. The molecule has 2 amide bonds. The highest BCUT2D eigenvalue weighted by Gasteiger charge is 2.29. The van der Waals surface area contributed by atoms with Crippen LogP contribution in [0.2, 0.25) is 0 Å². The molecule has 1 heterocycles. The number of carbonyl (C=O) groups is 2. The molecular weight excluding hydrogens is 342 g/mol. The summed E-state index contributed by atoms with van der Waals surface area (Å²) >= 11 is 0. The van der Waals surface area contributed by atoms with Crippen molar-refractivity contribution in [2.45, 2.75) is 52.7 Å². The van der Waals surface area contributed by atoms with Gasteiger partial charge in [0.25, 0.3) is 5.91 Å². The van der Waals surface area contributed by atoms with Crippen molar-refractivity contribution >= 4 is 11.8 Å². The molecule has 0 aromatic heterocycles. The molecule has 0 spiro atoms. The van der Waals surface area contributed by atoms with E-state index in [0.717, 1.165) is 31.9 Å². The average molecular weight is 376 g/mol. The number of aryl methyl sites for hydroxylation is 1. The van der Waals surface area contributed by atoms with E-state index in [9.17, 15) is 9.59 Å². The third-order valence-electron chi connectivity index (χ3n) is 5.26. The largest absolute Gasteiger partial charge is 0.379 e. The number of ether oxygens (including phenoxy) is 1. The van der Waals surface area contributed by atoms with Gasteiger partial charge < -0.3 is 15.4 Å². The molecule has 3 atom stereocenters. The number of carbonyl (C=O) groups excluding carboxylic acids is 2. The molecule has 3 unspecified atom stereocenters. The number of nitrogens with zero attached hydrogens (tertiary/aromatic N) is 1. The molecule has 1 fully saturated rings. The highest BCUT2D eigenvalue weighted by Crippen LogP contribution is 2.10. The number of amides is 2. The van der Waals surface area contributed by atoms with E-state index in [1.165, 1.54) is 0 Å². The predicted octanol–water partition coefficient (Wildman–Crippen LogP) is 1.97. The number of hydrogen-bond donors (Lipinski definition) is 2. The van der Waals surface area contributed by atoms with Gasteiger partial charge in [-0.3, -0.25) is 14.5 Å². The van der Waals surface area contributed by atoms with Gasteiger partial charge in [-0.1, -0.05) is 31.5 Å². The Bertz CT molecular complexity index is 624. The minimum Gasteiger partial charge on any atom is -0.379 e. The monoisotopic (exact) mass is 375 g/mol. The SMILES string of the molecule is Cc1ccc(C(=O)NC(C(=O)NC(C)C(C)N2CCOCC2)C(C)C)cc1. The summed E-state index contributed by atoms with van der Waals surface area (Å²) < 4.78 is 5.40. The standard InChI is InChI=1S/C21H33N3O3/c1-14(2)19(23-20(25)18-8-6-15(3)7-9-18)21(26)22-16(4)17(5)24-10-12-27-13-11-24/h6-9,14,16-17,19H,10-13H2,1-5H3,(H,22,26)(H,23,25). The fourth-order valence-electron chi connectivity index (χ4n) is 3.20. The Hall–Kier alpha value is -1.92. The third-order valence-corrected chi connectivity index (χ3v) is 5.26. The van der Waals surface area contributed by atoms with Crippen LogP contribution in [0, 0.1) is 12.8 Å². The molecule has 0 aliphatic carbocycles. The minimum atomic E-state index is -0.571. The zero-order valence-electron chi connectivity index (χ0n) is 17.1. The molecule has 6 heteroatoms. The molecule has 2 N–H and O–H groups in total. The number of rotatable bonds is 7. The van der Waals surface area contributed by atoms with Gasteiger partial charge in [0.1, 0.15) is 6.04 Å². The summed E-state index contributed by atoms with van der Waals surface area (Å²) in [7, 11) is 0. The van der Waals surface area contributed by atoms with Gasteiger partial charge in [0.05, 0.1) is 13.2 Å². The van der Waals surface area contributed by atoms with E-state index in [1.54, 1.807) is 12.1 Å². The zero-order valence-corrected chi connectivity index (χ0v) is 17.1. The summed E-state index contributed by atoms with van der Waals surface area (Å²) in [5.41, 5.74) is 1.66. The molecule has 6 nitrogen and oxygen atoms in total. The minimum absolute atomic E-state index is 0.00899. The fourth-order valence-corrected chi connectivity index (χ4v) is 3.20. The second-order valence-electron chi connectivity index (χ2n) is 7.75. The lowest BCUT2D eigenvalue weighted by atomic mass is 10.0. The predicted molar refractivity (Wildman–Crippen MR) is 107 cm³/mol. The van der Waals surface area contributed by atoms with Crippen LogP contribution in [0.25, 0.3) is 0 Å². The smallest absolute Gasteiger partial charge is 0.251 e. The van der Waals surface area contributed by atoms with Crippen molar-refractivity contribution in [3.05, 3.63) is 35.4 Å². The molecule has 1 aromatic rings. The molecular formula is C21H33N3O3. The zero-order chi connectivity index (χ0) is 20.0. The average Bonchev–Trinajstić information content (AvgIpc) is 2.66. The summed E-state index contributed by atoms with van der Waals surface area (Å²) in [5.74, 6) is -0.374. The number of hydrogen-bond acceptors (Lipinski definition) is 4. The summed E-state index contributed by atoms with van der Waals surface area (Å²) in [5, 5.41) is 5.98. The Morgan fingerprint density at radius 1 is 1.00 bits per heavy atom. The van der Waals surface area contributed by atoms with E-state index in [2.05, 4.69) is 22.5 Å². The van der Waals surface area contributed by atoms with Crippen LogP contribution in [0.4, 0.5) is 0 Å². The third kappa shape index (κ3) is 6.04. The summed E-state index contributed by atoms with van der Waals surface area (Å²) in [6.45, 7) is 13.2. The van der Waals surface area contributed by atoms with Crippen molar-refractivity contribution in [3.63, 3.8) is 0 Å². The van der Waals surface area contributed by atoms with Crippen LogP contribution in [0.15, 0.2) is 24.3 Å². The van der Waals surface area contributed by atoms with Crippen molar-refractivity contribution in [1.29, 1.82) is 0 Å². The van der Waals surface area contributed by atoms with Gasteiger partial charge in [-0.15, -0.1) is 0 Å². The molecule has 0 radical (unpaired) electrons. The van der Waals surface area contributed by atoms with Crippen molar-refractivity contribution in [1.82, 2.24) is 15.5 Å². The van der Waals surface area contributed by atoms with Crippen LogP contribution in [-0.4, -0.2) is 61.1 Å². The lowest BCUT2D eigenvalue weighted by Crippen LogP contribution is -2.57. The lowest BCUT2D eigenvalue weighted by Gasteiger charge is -2.36. The molecule has 1 aliphatic heterocycles. The van der Waals surface area contributed by atoms with Crippen molar-refractivity contribution in [3.8, 4) is 0 Å². The lowest BCUT2D eigenvalue weighted by molar-refractivity contribution is -0.125. The second kappa shape index (κ2) is 9.85. The Morgan fingerprint density at radius 3 is 2.15 bits per heavy atom. The van der Waals surface area contributed by atoms with Crippen molar-refractivity contribution in [2.24, 2.45) is 5.92 Å². The van der Waals surface area contributed by atoms with Crippen molar-refractivity contribution in [2.75, 3.05) is 26.3 Å². The molecule has 1 aliphatic rings. The topological polar surface area (TPSA) is 70.7 Å². The van der Waals surface area contributed by atoms with Crippen LogP contribution in [-0.2, 0) is 9.53 Å². The normalized spacial score (nSPS) is 18.6. The molecule has 1 aromatic carbocycles. The van der Waals surface area contributed by atoms with E-state index >= 15 is 0 Å². The van der Waals surface area contributed by atoms with Gasteiger partial charge in [-0.25, -0.2) is 0 Å². The van der Waals surface area contributed by atoms with Gasteiger partial charge in [-0.2, -0.15) is 0 Å². The first-order chi connectivity index (χ1) is 12.8. The number of nitrogens with one attached hydrogen (secondary N) is 2. The molecule has 1 saturated heterocycles. The first kappa shape index (κ1) is 21.4. The van der Waals surface area contributed by atoms with Crippen LogP contribution in [0.3, 0.4) is 0 Å².